The molecule has 0 bridgehead atoms. The second kappa shape index (κ2) is 8.71. The fraction of sp³-hybridized carbons (Fsp3) is 0.316. The first-order valence-electron chi connectivity index (χ1n) is 8.54. The van der Waals surface area contributed by atoms with Gasteiger partial charge in [0.25, 0.3) is 5.56 Å². The molecule has 0 spiro atoms. The van der Waals surface area contributed by atoms with Gasteiger partial charge in [-0.15, -0.1) is 0 Å². The molecular weight excluding hydrogens is 348 g/mol. The van der Waals surface area contributed by atoms with E-state index >= 15 is 0 Å². The number of carbonyl (C=O) groups is 1. The maximum absolute atomic E-state index is 12.6. The van der Waals surface area contributed by atoms with Crippen molar-refractivity contribution in [2.75, 3.05) is 18.6 Å². The molecule has 1 N–H and O–H groups in total. The molecule has 0 saturated heterocycles. The summed E-state index contributed by atoms with van der Waals surface area (Å²) < 4.78 is 3.46. The Morgan fingerprint density at radius 1 is 1.23 bits per heavy atom. The zero-order valence-electron chi connectivity index (χ0n) is 14.7. The van der Waals surface area contributed by atoms with Crippen LogP contribution in [-0.4, -0.2) is 38.6 Å². The van der Waals surface area contributed by atoms with E-state index in [1.165, 1.54) is 10.9 Å². The topological polar surface area (TPSA) is 68.9 Å². The molecule has 0 saturated carbocycles. The molecule has 3 rings (SSSR count). The Balaban J connectivity index is 1.64. The summed E-state index contributed by atoms with van der Waals surface area (Å²) in [7, 11) is 0. The normalized spacial score (nSPS) is 12.2. The van der Waals surface area contributed by atoms with Crippen molar-refractivity contribution < 1.29 is 4.79 Å². The van der Waals surface area contributed by atoms with E-state index in [0.29, 0.717) is 24.0 Å². The lowest BCUT2D eigenvalue weighted by Crippen LogP contribution is -2.36. The number of nitrogens with zero attached hydrogens (tertiary/aromatic N) is 3. The van der Waals surface area contributed by atoms with Crippen molar-refractivity contribution in [3.8, 4) is 0 Å². The summed E-state index contributed by atoms with van der Waals surface area (Å²) in [5, 5.41) is 3.54. The van der Waals surface area contributed by atoms with E-state index in [1.54, 1.807) is 17.8 Å². The van der Waals surface area contributed by atoms with Crippen LogP contribution in [0.4, 0.5) is 0 Å². The molecule has 6 nitrogen and oxygen atoms in total. The predicted octanol–water partition coefficient (Wildman–Crippen LogP) is 2.31. The molecule has 0 radical (unpaired) electrons. The zero-order chi connectivity index (χ0) is 18.4. The lowest BCUT2D eigenvalue weighted by Gasteiger charge is -2.18. The number of aromatic nitrogens is 3. The van der Waals surface area contributed by atoms with Gasteiger partial charge in [0.1, 0.15) is 6.04 Å². The molecule has 0 aliphatic heterocycles. The van der Waals surface area contributed by atoms with Gasteiger partial charge in [0.2, 0.25) is 5.91 Å². The third kappa shape index (κ3) is 4.16. The summed E-state index contributed by atoms with van der Waals surface area (Å²) in [5.74, 6) is 0.877. The second-order valence-electron chi connectivity index (χ2n) is 5.98. The van der Waals surface area contributed by atoms with Gasteiger partial charge in [-0.25, -0.2) is 4.98 Å². The Kier molecular flexibility index (Phi) is 6.12. The van der Waals surface area contributed by atoms with Crippen LogP contribution in [0.15, 0.2) is 59.9 Å². The van der Waals surface area contributed by atoms with E-state index in [-0.39, 0.29) is 17.5 Å². The monoisotopic (exact) mass is 370 g/mol. The van der Waals surface area contributed by atoms with Crippen LogP contribution in [0.3, 0.4) is 0 Å². The standard InChI is InChI=1S/C19H22N4O2S/c1-26-13-8-17(22-10-4-5-11-22)18(24)20-9-12-23-14-21-16-7-3-2-6-15(16)19(23)25/h2-7,10-11,14,17H,8-9,12-13H2,1H3,(H,20,24). The lowest BCUT2D eigenvalue weighted by atomic mass is 10.2. The minimum Gasteiger partial charge on any atom is -0.353 e. The summed E-state index contributed by atoms with van der Waals surface area (Å²) >= 11 is 1.72. The number of hydrogen-bond donors (Lipinski definition) is 1. The van der Waals surface area contributed by atoms with Gasteiger partial charge in [-0.1, -0.05) is 12.1 Å². The third-order valence-electron chi connectivity index (χ3n) is 4.27. The predicted molar refractivity (Wildman–Crippen MR) is 105 cm³/mol. The van der Waals surface area contributed by atoms with Gasteiger partial charge in [-0.2, -0.15) is 11.8 Å². The Morgan fingerprint density at radius 3 is 2.77 bits per heavy atom. The van der Waals surface area contributed by atoms with Crippen LogP contribution in [0.1, 0.15) is 12.5 Å². The number of nitrogens with one attached hydrogen (secondary N) is 1. The highest BCUT2D eigenvalue weighted by Gasteiger charge is 2.18. The first kappa shape index (κ1) is 18.3. The molecule has 1 atom stereocenters. The molecule has 1 unspecified atom stereocenters. The first-order chi connectivity index (χ1) is 12.7. The quantitative estimate of drug-likeness (QED) is 0.661. The Hall–Kier alpha value is -2.54. The fourth-order valence-corrected chi connectivity index (χ4v) is 3.34. The molecule has 136 valence electrons. The van der Waals surface area contributed by atoms with Crippen LogP contribution in [0, 0.1) is 0 Å². The van der Waals surface area contributed by atoms with E-state index in [4.69, 9.17) is 0 Å². The van der Waals surface area contributed by atoms with E-state index in [1.807, 2.05) is 53.5 Å². The van der Waals surface area contributed by atoms with Crippen molar-refractivity contribution in [1.29, 1.82) is 0 Å². The second-order valence-corrected chi connectivity index (χ2v) is 6.96. The van der Waals surface area contributed by atoms with Gasteiger partial charge in [-0.05, 0) is 42.7 Å². The molecular formula is C19H22N4O2S. The molecule has 0 aliphatic rings. The molecule has 26 heavy (non-hydrogen) atoms. The molecule has 2 aromatic heterocycles. The number of fused-ring (bicyclic) bond motifs is 1. The molecule has 1 amide bonds. The summed E-state index contributed by atoms with van der Waals surface area (Å²) in [6.45, 7) is 0.777. The van der Waals surface area contributed by atoms with Crippen LogP contribution in [-0.2, 0) is 11.3 Å². The van der Waals surface area contributed by atoms with E-state index < -0.39 is 0 Å². The van der Waals surface area contributed by atoms with E-state index in [0.717, 1.165) is 12.2 Å². The Morgan fingerprint density at radius 2 is 2.00 bits per heavy atom. The molecule has 3 aromatic rings. The minimum atomic E-state index is -0.232. The van der Waals surface area contributed by atoms with Gasteiger partial charge in [0.15, 0.2) is 0 Å². The van der Waals surface area contributed by atoms with Crippen molar-refractivity contribution in [2.24, 2.45) is 0 Å². The van der Waals surface area contributed by atoms with Crippen molar-refractivity contribution in [3.05, 3.63) is 65.5 Å². The molecule has 2 heterocycles. The van der Waals surface area contributed by atoms with Crippen LogP contribution in [0.25, 0.3) is 10.9 Å². The van der Waals surface area contributed by atoms with Crippen molar-refractivity contribution in [3.63, 3.8) is 0 Å². The molecule has 0 fully saturated rings. The van der Waals surface area contributed by atoms with Gasteiger partial charge in [0.05, 0.1) is 17.2 Å². The maximum atomic E-state index is 12.6. The average Bonchev–Trinajstić information content (AvgIpc) is 3.18. The van der Waals surface area contributed by atoms with Crippen molar-refractivity contribution in [2.45, 2.75) is 19.0 Å². The number of amides is 1. The van der Waals surface area contributed by atoms with Crippen molar-refractivity contribution in [1.82, 2.24) is 19.4 Å². The number of rotatable bonds is 8. The van der Waals surface area contributed by atoms with Gasteiger partial charge < -0.3 is 9.88 Å². The Labute approximate surface area is 156 Å². The van der Waals surface area contributed by atoms with Gasteiger partial charge >= 0.3 is 0 Å². The van der Waals surface area contributed by atoms with Gasteiger partial charge in [-0.3, -0.25) is 14.2 Å². The summed E-state index contributed by atoms with van der Waals surface area (Å²) in [5.41, 5.74) is 0.594. The van der Waals surface area contributed by atoms with Crippen LogP contribution < -0.4 is 10.9 Å². The largest absolute Gasteiger partial charge is 0.353 e. The highest BCUT2D eigenvalue weighted by Crippen LogP contribution is 2.15. The van der Waals surface area contributed by atoms with Gasteiger partial charge in [0, 0.05) is 25.5 Å². The highest BCUT2D eigenvalue weighted by molar-refractivity contribution is 7.98. The van der Waals surface area contributed by atoms with Crippen molar-refractivity contribution >= 4 is 28.6 Å². The highest BCUT2D eigenvalue weighted by atomic mass is 32.2. The van der Waals surface area contributed by atoms with Crippen LogP contribution >= 0.6 is 11.8 Å². The Bertz CT molecular complexity index is 921. The molecule has 7 heteroatoms. The van der Waals surface area contributed by atoms with Crippen LogP contribution in [0.2, 0.25) is 0 Å². The number of para-hydroxylation sites is 1. The van der Waals surface area contributed by atoms with Crippen LogP contribution in [0.5, 0.6) is 0 Å². The number of hydrogen-bond acceptors (Lipinski definition) is 4. The lowest BCUT2D eigenvalue weighted by molar-refractivity contribution is -0.124. The number of thioether (sulfide) groups is 1. The van der Waals surface area contributed by atoms with E-state index in [9.17, 15) is 9.59 Å². The SMILES string of the molecule is CSCCC(C(=O)NCCn1cnc2ccccc2c1=O)n1cccc1. The number of benzene rings is 1. The van der Waals surface area contributed by atoms with E-state index in [2.05, 4.69) is 10.3 Å². The summed E-state index contributed by atoms with van der Waals surface area (Å²) in [6, 6.07) is 10.9. The molecule has 0 aliphatic carbocycles. The number of carbonyl (C=O) groups excluding carboxylic acids is 1. The maximum Gasteiger partial charge on any atom is 0.261 e. The summed E-state index contributed by atoms with van der Waals surface area (Å²) in [6.07, 6.45) is 8.14. The zero-order valence-corrected chi connectivity index (χ0v) is 15.5. The molecule has 1 aromatic carbocycles. The average molecular weight is 370 g/mol. The third-order valence-corrected chi connectivity index (χ3v) is 4.91. The summed E-state index contributed by atoms with van der Waals surface area (Å²) in [4.78, 5) is 29.4. The fourth-order valence-electron chi connectivity index (χ4n) is 2.88. The minimum absolute atomic E-state index is 0.0305. The first-order valence-corrected chi connectivity index (χ1v) is 9.93. The smallest absolute Gasteiger partial charge is 0.261 e.